The summed E-state index contributed by atoms with van der Waals surface area (Å²) in [5, 5.41) is 11.4. The minimum Gasteiger partial charge on any atom is -0.383 e. The van der Waals surface area contributed by atoms with Crippen LogP contribution in [-0.4, -0.2) is 34.7 Å². The van der Waals surface area contributed by atoms with E-state index in [4.69, 9.17) is 17.0 Å². The Bertz CT molecular complexity index is 403. The van der Waals surface area contributed by atoms with Crippen LogP contribution in [0.3, 0.4) is 0 Å². The molecule has 0 fully saturated rings. The van der Waals surface area contributed by atoms with Gasteiger partial charge in [0.05, 0.1) is 18.0 Å². The number of nitrogens with one attached hydrogen (secondary N) is 2. The zero-order valence-corrected chi connectivity index (χ0v) is 12.5. The van der Waals surface area contributed by atoms with Crippen LogP contribution in [0.4, 0.5) is 5.69 Å². The van der Waals surface area contributed by atoms with Crippen molar-refractivity contribution in [2.45, 2.75) is 32.7 Å². The van der Waals surface area contributed by atoms with E-state index in [1.165, 1.54) is 0 Å². The lowest BCUT2D eigenvalue weighted by molar-refractivity contribution is 0.179. The molecule has 1 atom stereocenters. The highest BCUT2D eigenvalue weighted by Gasteiger charge is 2.13. The average Bonchev–Trinajstić information content (AvgIpc) is 2.59. The molecule has 0 aromatic carbocycles. The molecule has 1 aromatic rings. The molecule has 0 spiro atoms. The lowest BCUT2D eigenvalue weighted by Gasteiger charge is -2.16. The predicted octanol–water partition coefficient (Wildman–Crippen LogP) is 1.86. The standard InChI is InChI=1S/C12H22N4OS/c1-8(2)11-10(6-16(4)15-11)14-12(18)13-9(3)7-17-5/h6,8-9H,7H2,1-5H3,(H2,13,14,18). The normalized spacial score (nSPS) is 12.6. The van der Waals surface area contributed by atoms with Gasteiger partial charge in [-0.3, -0.25) is 4.68 Å². The minimum absolute atomic E-state index is 0.175. The fraction of sp³-hybridized carbons (Fsp3) is 0.667. The summed E-state index contributed by atoms with van der Waals surface area (Å²) in [5.74, 6) is 0.355. The third-order valence-electron chi connectivity index (χ3n) is 2.45. The lowest BCUT2D eigenvalue weighted by atomic mass is 10.1. The van der Waals surface area contributed by atoms with E-state index in [0.717, 1.165) is 11.4 Å². The van der Waals surface area contributed by atoms with Gasteiger partial charge in [-0.2, -0.15) is 5.10 Å². The summed E-state index contributed by atoms with van der Waals surface area (Å²) in [6.45, 7) is 6.85. The van der Waals surface area contributed by atoms with Gasteiger partial charge in [0.1, 0.15) is 0 Å². The molecule has 0 saturated heterocycles. The van der Waals surface area contributed by atoms with Gasteiger partial charge in [0.15, 0.2) is 5.11 Å². The summed E-state index contributed by atoms with van der Waals surface area (Å²) < 4.78 is 6.84. The van der Waals surface area contributed by atoms with E-state index in [1.54, 1.807) is 11.8 Å². The quantitative estimate of drug-likeness (QED) is 0.800. The van der Waals surface area contributed by atoms with Crippen molar-refractivity contribution in [1.82, 2.24) is 15.1 Å². The number of ether oxygens (including phenoxy) is 1. The van der Waals surface area contributed by atoms with Crippen LogP contribution in [0, 0.1) is 0 Å². The lowest BCUT2D eigenvalue weighted by Crippen LogP contribution is -2.38. The van der Waals surface area contributed by atoms with Crippen molar-refractivity contribution >= 4 is 23.0 Å². The largest absolute Gasteiger partial charge is 0.383 e. The van der Waals surface area contributed by atoms with Crippen LogP contribution in [0.25, 0.3) is 0 Å². The van der Waals surface area contributed by atoms with Crippen molar-refractivity contribution in [2.24, 2.45) is 7.05 Å². The average molecular weight is 270 g/mol. The highest BCUT2D eigenvalue weighted by atomic mass is 32.1. The topological polar surface area (TPSA) is 51.1 Å². The molecule has 102 valence electrons. The fourth-order valence-corrected chi connectivity index (χ4v) is 2.01. The first-order valence-corrected chi connectivity index (χ1v) is 6.44. The number of anilines is 1. The molecule has 18 heavy (non-hydrogen) atoms. The summed E-state index contributed by atoms with van der Waals surface area (Å²) in [7, 11) is 3.58. The maximum atomic E-state index is 5.27. The maximum Gasteiger partial charge on any atom is 0.171 e. The molecule has 2 N–H and O–H groups in total. The molecular weight excluding hydrogens is 248 g/mol. The van der Waals surface area contributed by atoms with Crippen LogP contribution in [0.1, 0.15) is 32.4 Å². The van der Waals surface area contributed by atoms with Gasteiger partial charge >= 0.3 is 0 Å². The van der Waals surface area contributed by atoms with E-state index >= 15 is 0 Å². The van der Waals surface area contributed by atoms with Crippen LogP contribution in [0.5, 0.6) is 0 Å². The monoisotopic (exact) mass is 270 g/mol. The van der Waals surface area contributed by atoms with E-state index in [-0.39, 0.29) is 6.04 Å². The molecule has 0 aliphatic carbocycles. The Balaban J connectivity index is 2.64. The first kappa shape index (κ1) is 14.9. The van der Waals surface area contributed by atoms with Crippen molar-refractivity contribution in [3.05, 3.63) is 11.9 Å². The van der Waals surface area contributed by atoms with Crippen molar-refractivity contribution in [2.75, 3.05) is 19.0 Å². The van der Waals surface area contributed by atoms with Crippen molar-refractivity contribution in [1.29, 1.82) is 0 Å². The van der Waals surface area contributed by atoms with Gasteiger partial charge in [0.25, 0.3) is 0 Å². The van der Waals surface area contributed by atoms with Gasteiger partial charge in [-0.1, -0.05) is 13.8 Å². The highest BCUT2D eigenvalue weighted by Crippen LogP contribution is 2.21. The second kappa shape index (κ2) is 6.70. The summed E-state index contributed by atoms with van der Waals surface area (Å²) in [6, 6.07) is 0.175. The van der Waals surface area contributed by atoms with Gasteiger partial charge in [-0.15, -0.1) is 0 Å². The summed E-state index contributed by atoms with van der Waals surface area (Å²) in [5.41, 5.74) is 1.97. The molecule has 1 unspecified atom stereocenters. The molecule has 0 saturated carbocycles. The smallest absolute Gasteiger partial charge is 0.171 e. The SMILES string of the molecule is COCC(C)NC(=S)Nc1cn(C)nc1C(C)C. The van der Waals surface area contributed by atoms with Crippen molar-refractivity contribution in [3.63, 3.8) is 0 Å². The molecule has 6 heteroatoms. The minimum atomic E-state index is 0.175. The first-order chi connectivity index (χ1) is 8.43. The Labute approximate surface area is 114 Å². The fourth-order valence-electron chi connectivity index (χ4n) is 1.70. The Morgan fingerprint density at radius 1 is 1.50 bits per heavy atom. The Kier molecular flexibility index (Phi) is 5.55. The zero-order chi connectivity index (χ0) is 13.7. The van der Waals surface area contributed by atoms with E-state index in [2.05, 4.69) is 29.6 Å². The van der Waals surface area contributed by atoms with Crippen molar-refractivity contribution in [3.8, 4) is 0 Å². The number of hydrogen-bond donors (Lipinski definition) is 2. The Morgan fingerprint density at radius 3 is 2.72 bits per heavy atom. The summed E-state index contributed by atoms with van der Waals surface area (Å²) in [4.78, 5) is 0. The molecule has 5 nitrogen and oxygen atoms in total. The zero-order valence-electron chi connectivity index (χ0n) is 11.7. The first-order valence-electron chi connectivity index (χ1n) is 6.04. The number of thiocarbonyl (C=S) groups is 1. The van der Waals surface area contributed by atoms with E-state index in [1.807, 2.05) is 20.2 Å². The third kappa shape index (κ3) is 4.27. The van der Waals surface area contributed by atoms with Crippen LogP contribution in [0.15, 0.2) is 6.20 Å². The predicted molar refractivity (Wildman–Crippen MR) is 78.0 cm³/mol. The number of methoxy groups -OCH3 is 1. The molecule has 0 radical (unpaired) electrons. The molecular formula is C12H22N4OS. The molecule has 1 heterocycles. The maximum absolute atomic E-state index is 5.27. The second-order valence-electron chi connectivity index (χ2n) is 4.71. The van der Waals surface area contributed by atoms with Crippen LogP contribution in [0.2, 0.25) is 0 Å². The number of hydrogen-bond acceptors (Lipinski definition) is 3. The van der Waals surface area contributed by atoms with E-state index < -0.39 is 0 Å². The molecule has 0 bridgehead atoms. The van der Waals surface area contributed by atoms with Gasteiger partial charge in [-0.25, -0.2) is 0 Å². The molecule has 0 amide bonds. The number of rotatable bonds is 5. The highest BCUT2D eigenvalue weighted by molar-refractivity contribution is 7.80. The second-order valence-corrected chi connectivity index (χ2v) is 5.12. The number of aryl methyl sites for hydroxylation is 1. The Hall–Kier alpha value is -1.14. The molecule has 1 aromatic heterocycles. The Morgan fingerprint density at radius 2 is 2.17 bits per heavy atom. The van der Waals surface area contributed by atoms with Crippen molar-refractivity contribution < 1.29 is 4.74 Å². The van der Waals surface area contributed by atoms with Gasteiger partial charge in [-0.05, 0) is 25.1 Å². The number of nitrogens with zero attached hydrogens (tertiary/aromatic N) is 2. The van der Waals surface area contributed by atoms with E-state index in [0.29, 0.717) is 17.6 Å². The summed E-state index contributed by atoms with van der Waals surface area (Å²) in [6.07, 6.45) is 1.93. The van der Waals surface area contributed by atoms with E-state index in [9.17, 15) is 0 Å². The van der Waals surface area contributed by atoms with Gasteiger partial charge in [0, 0.05) is 26.4 Å². The summed E-state index contributed by atoms with van der Waals surface area (Å²) >= 11 is 5.27. The van der Waals surface area contributed by atoms with Gasteiger partial charge in [0.2, 0.25) is 0 Å². The molecule has 1 rings (SSSR count). The van der Waals surface area contributed by atoms with Crippen LogP contribution < -0.4 is 10.6 Å². The van der Waals surface area contributed by atoms with Crippen LogP contribution in [-0.2, 0) is 11.8 Å². The van der Waals surface area contributed by atoms with Gasteiger partial charge < -0.3 is 15.4 Å². The van der Waals surface area contributed by atoms with Crippen LogP contribution >= 0.6 is 12.2 Å². The third-order valence-corrected chi connectivity index (χ3v) is 2.67. The number of aromatic nitrogens is 2. The molecule has 0 aliphatic heterocycles. The molecule has 0 aliphatic rings.